The number of nitrogens with one attached hydrogen (secondary N) is 1. The van der Waals surface area contributed by atoms with Gasteiger partial charge in [-0.15, -0.1) is 0 Å². The molecule has 2 heteroatoms. The molecule has 0 saturated carbocycles. The molecule has 1 unspecified atom stereocenters. The van der Waals surface area contributed by atoms with E-state index in [1.807, 2.05) is 6.92 Å². The van der Waals surface area contributed by atoms with Crippen LogP contribution in [0.3, 0.4) is 0 Å². The molecule has 0 amide bonds. The molecule has 0 aliphatic heterocycles. The lowest BCUT2D eigenvalue weighted by atomic mass is 9.78. The van der Waals surface area contributed by atoms with Crippen LogP contribution in [0.4, 0.5) is 0 Å². The minimum atomic E-state index is 0.655. The Morgan fingerprint density at radius 1 is 1.46 bits per heavy atom. The number of benzene rings is 1. The third kappa shape index (κ3) is 1.74. The fourth-order valence-corrected chi connectivity index (χ4v) is 1.81. The standard InChI is InChI=1S/C11H15NO/c1-2-13-12-8-10-7-9-5-3-4-6-11(9)10/h3-6,10,12H,2,7-8H2,1H3. The van der Waals surface area contributed by atoms with Gasteiger partial charge in [0.1, 0.15) is 0 Å². The summed E-state index contributed by atoms with van der Waals surface area (Å²) in [6.07, 6.45) is 1.19. The molecule has 0 bridgehead atoms. The smallest absolute Gasteiger partial charge is 0.0653 e. The number of hydroxylamine groups is 1. The SMILES string of the molecule is CCONCC1Cc2ccccc21. The van der Waals surface area contributed by atoms with Crippen molar-refractivity contribution in [2.75, 3.05) is 13.2 Å². The largest absolute Gasteiger partial charge is 0.302 e. The molecule has 0 spiro atoms. The molecule has 1 aromatic carbocycles. The Kier molecular flexibility index (Phi) is 2.62. The number of hydrogen-bond donors (Lipinski definition) is 1. The van der Waals surface area contributed by atoms with Gasteiger partial charge >= 0.3 is 0 Å². The lowest BCUT2D eigenvalue weighted by Crippen LogP contribution is -2.29. The van der Waals surface area contributed by atoms with Crippen LogP contribution in [0.15, 0.2) is 24.3 Å². The first kappa shape index (κ1) is 8.73. The van der Waals surface area contributed by atoms with Gasteiger partial charge in [-0.05, 0) is 24.5 Å². The molecule has 0 radical (unpaired) electrons. The highest BCUT2D eigenvalue weighted by atomic mass is 16.6. The zero-order valence-electron chi connectivity index (χ0n) is 7.92. The van der Waals surface area contributed by atoms with Crippen LogP contribution in [-0.2, 0) is 11.3 Å². The van der Waals surface area contributed by atoms with Gasteiger partial charge in [0.15, 0.2) is 0 Å². The molecule has 2 rings (SSSR count). The van der Waals surface area contributed by atoms with Gasteiger partial charge in [0, 0.05) is 12.5 Å². The highest BCUT2D eigenvalue weighted by Crippen LogP contribution is 2.33. The summed E-state index contributed by atoms with van der Waals surface area (Å²) in [5.74, 6) is 0.655. The van der Waals surface area contributed by atoms with Crippen molar-refractivity contribution in [3.63, 3.8) is 0 Å². The zero-order valence-corrected chi connectivity index (χ0v) is 7.92. The lowest BCUT2D eigenvalue weighted by molar-refractivity contribution is 0.0459. The van der Waals surface area contributed by atoms with Crippen LogP contribution in [0, 0.1) is 0 Å². The van der Waals surface area contributed by atoms with Crippen LogP contribution in [0.25, 0.3) is 0 Å². The van der Waals surface area contributed by atoms with Crippen LogP contribution >= 0.6 is 0 Å². The second kappa shape index (κ2) is 3.90. The van der Waals surface area contributed by atoms with E-state index in [0.29, 0.717) is 5.92 Å². The Labute approximate surface area is 78.9 Å². The van der Waals surface area contributed by atoms with Gasteiger partial charge < -0.3 is 4.84 Å². The maximum atomic E-state index is 5.10. The summed E-state index contributed by atoms with van der Waals surface area (Å²) < 4.78 is 0. The van der Waals surface area contributed by atoms with Gasteiger partial charge in [-0.3, -0.25) is 0 Å². The summed E-state index contributed by atoms with van der Waals surface area (Å²) >= 11 is 0. The number of rotatable bonds is 4. The summed E-state index contributed by atoms with van der Waals surface area (Å²) in [4.78, 5) is 5.10. The monoisotopic (exact) mass is 177 g/mol. The van der Waals surface area contributed by atoms with E-state index in [0.717, 1.165) is 13.2 Å². The van der Waals surface area contributed by atoms with Crippen LogP contribution in [0.1, 0.15) is 24.0 Å². The quantitative estimate of drug-likeness (QED) is 0.560. The Hall–Kier alpha value is -0.860. The molecule has 1 aliphatic carbocycles. The van der Waals surface area contributed by atoms with E-state index in [-0.39, 0.29) is 0 Å². The lowest BCUT2D eigenvalue weighted by Gasteiger charge is -2.29. The van der Waals surface area contributed by atoms with Gasteiger partial charge in [0.05, 0.1) is 6.61 Å². The second-order valence-corrected chi connectivity index (χ2v) is 3.38. The van der Waals surface area contributed by atoms with Gasteiger partial charge in [-0.2, -0.15) is 0 Å². The van der Waals surface area contributed by atoms with Gasteiger partial charge in [0.2, 0.25) is 0 Å². The maximum Gasteiger partial charge on any atom is 0.0653 e. The molecule has 2 nitrogen and oxygen atoms in total. The van der Waals surface area contributed by atoms with E-state index in [1.54, 1.807) is 0 Å². The van der Waals surface area contributed by atoms with Crippen LogP contribution in [0.5, 0.6) is 0 Å². The molecule has 1 aromatic rings. The first-order valence-electron chi connectivity index (χ1n) is 4.84. The molecule has 0 aromatic heterocycles. The molecule has 13 heavy (non-hydrogen) atoms. The third-order valence-electron chi connectivity index (χ3n) is 2.54. The van der Waals surface area contributed by atoms with E-state index < -0.39 is 0 Å². The highest BCUT2D eigenvalue weighted by molar-refractivity contribution is 5.39. The maximum absolute atomic E-state index is 5.10. The minimum Gasteiger partial charge on any atom is -0.302 e. The van der Waals surface area contributed by atoms with Crippen LogP contribution < -0.4 is 5.48 Å². The van der Waals surface area contributed by atoms with Gasteiger partial charge in [0.25, 0.3) is 0 Å². The van der Waals surface area contributed by atoms with Crippen molar-refractivity contribution >= 4 is 0 Å². The molecule has 1 atom stereocenters. The van der Waals surface area contributed by atoms with E-state index in [9.17, 15) is 0 Å². The van der Waals surface area contributed by atoms with Crippen molar-refractivity contribution in [2.24, 2.45) is 0 Å². The topological polar surface area (TPSA) is 21.3 Å². The fraction of sp³-hybridized carbons (Fsp3) is 0.455. The molecule has 70 valence electrons. The van der Waals surface area contributed by atoms with E-state index in [1.165, 1.54) is 17.5 Å². The molecule has 1 N–H and O–H groups in total. The third-order valence-corrected chi connectivity index (χ3v) is 2.54. The summed E-state index contributed by atoms with van der Waals surface area (Å²) in [6.45, 7) is 3.65. The Morgan fingerprint density at radius 3 is 3.08 bits per heavy atom. The predicted octanol–water partition coefficient (Wildman–Crippen LogP) is 1.87. The molecule has 0 saturated heterocycles. The predicted molar refractivity (Wildman–Crippen MR) is 52.5 cm³/mol. The van der Waals surface area contributed by atoms with Crippen molar-refractivity contribution < 1.29 is 4.84 Å². The summed E-state index contributed by atoms with van der Waals surface area (Å²) in [5.41, 5.74) is 5.95. The van der Waals surface area contributed by atoms with E-state index in [2.05, 4.69) is 29.7 Å². The average molecular weight is 177 g/mol. The fourth-order valence-electron chi connectivity index (χ4n) is 1.81. The van der Waals surface area contributed by atoms with Crippen LogP contribution in [-0.4, -0.2) is 13.2 Å². The summed E-state index contributed by atoms with van der Waals surface area (Å²) in [6, 6.07) is 8.61. The zero-order chi connectivity index (χ0) is 9.10. The molecule has 1 aliphatic rings. The Bertz CT molecular complexity index is 285. The van der Waals surface area contributed by atoms with Gasteiger partial charge in [-0.25, -0.2) is 5.48 Å². The first-order valence-corrected chi connectivity index (χ1v) is 4.84. The first-order chi connectivity index (χ1) is 6.42. The van der Waals surface area contributed by atoms with Crippen molar-refractivity contribution in [3.8, 4) is 0 Å². The second-order valence-electron chi connectivity index (χ2n) is 3.38. The number of hydrogen-bond acceptors (Lipinski definition) is 2. The summed E-state index contributed by atoms with van der Waals surface area (Å²) in [5, 5.41) is 0. The van der Waals surface area contributed by atoms with Crippen molar-refractivity contribution in [1.29, 1.82) is 0 Å². The van der Waals surface area contributed by atoms with Gasteiger partial charge in [-0.1, -0.05) is 24.3 Å². The van der Waals surface area contributed by atoms with E-state index >= 15 is 0 Å². The molecule has 0 fully saturated rings. The van der Waals surface area contributed by atoms with Crippen molar-refractivity contribution in [3.05, 3.63) is 35.4 Å². The average Bonchev–Trinajstić information content (AvgIpc) is 2.13. The molecule has 0 heterocycles. The minimum absolute atomic E-state index is 0.655. The Balaban J connectivity index is 1.87. The van der Waals surface area contributed by atoms with E-state index in [4.69, 9.17) is 4.84 Å². The molecular weight excluding hydrogens is 162 g/mol. The van der Waals surface area contributed by atoms with Crippen molar-refractivity contribution in [1.82, 2.24) is 5.48 Å². The van der Waals surface area contributed by atoms with Crippen LogP contribution in [0.2, 0.25) is 0 Å². The number of fused-ring (bicyclic) bond motifs is 1. The van der Waals surface area contributed by atoms with Crippen molar-refractivity contribution in [2.45, 2.75) is 19.3 Å². The Morgan fingerprint density at radius 2 is 2.31 bits per heavy atom. The molecular formula is C11H15NO. The highest BCUT2D eigenvalue weighted by Gasteiger charge is 2.24. The normalized spacial score (nSPS) is 19.3. The summed E-state index contributed by atoms with van der Waals surface area (Å²) in [7, 11) is 0.